The summed E-state index contributed by atoms with van der Waals surface area (Å²) < 4.78 is 1.93. The van der Waals surface area contributed by atoms with Gasteiger partial charge in [0.2, 0.25) is 0 Å². The number of rotatable bonds is 1. The predicted molar refractivity (Wildman–Crippen MR) is 63.2 cm³/mol. The number of aryl methyl sites for hydroxylation is 1. The van der Waals surface area contributed by atoms with Gasteiger partial charge in [-0.15, -0.1) is 10.2 Å². The van der Waals surface area contributed by atoms with Gasteiger partial charge in [0.1, 0.15) is 0 Å². The van der Waals surface area contributed by atoms with E-state index in [9.17, 15) is 0 Å². The molecule has 0 saturated heterocycles. The lowest BCUT2D eigenvalue weighted by Gasteiger charge is -1.96. The summed E-state index contributed by atoms with van der Waals surface area (Å²) in [5.74, 6) is 0.794. The predicted octanol–water partition coefficient (Wildman–Crippen LogP) is 1.74. The first-order valence-corrected chi connectivity index (χ1v) is 5.60. The van der Waals surface area contributed by atoms with Gasteiger partial charge in [0.05, 0.1) is 10.6 Å². The average molecular weight is 231 g/mol. The van der Waals surface area contributed by atoms with Crippen LogP contribution in [0.2, 0.25) is 0 Å². The van der Waals surface area contributed by atoms with Crippen molar-refractivity contribution in [2.45, 2.75) is 6.92 Å². The smallest absolute Gasteiger partial charge is 0.180 e. The summed E-state index contributed by atoms with van der Waals surface area (Å²) in [6.45, 7) is 1.92. The molecule has 6 heteroatoms. The molecule has 3 heterocycles. The number of thiazole rings is 1. The largest absolute Gasteiger partial charge is 0.375 e. The van der Waals surface area contributed by atoms with E-state index in [4.69, 9.17) is 5.73 Å². The maximum Gasteiger partial charge on any atom is 0.180 e. The van der Waals surface area contributed by atoms with Crippen molar-refractivity contribution in [3.05, 3.63) is 30.1 Å². The quantitative estimate of drug-likeness (QED) is 0.692. The van der Waals surface area contributed by atoms with Gasteiger partial charge in [0.15, 0.2) is 16.6 Å². The van der Waals surface area contributed by atoms with E-state index in [0.29, 0.717) is 5.13 Å². The van der Waals surface area contributed by atoms with Gasteiger partial charge >= 0.3 is 0 Å². The molecule has 3 aromatic rings. The standard InChI is InChI=1S/C10H9N5S/c1-6-8(16-10(11)12-6)9-14-13-7-4-2-3-5-15(7)9/h2-5H,1H3,(H2,11,12). The topological polar surface area (TPSA) is 69.1 Å². The summed E-state index contributed by atoms with van der Waals surface area (Å²) in [4.78, 5) is 5.16. The lowest BCUT2D eigenvalue weighted by Crippen LogP contribution is -1.87. The van der Waals surface area contributed by atoms with Crippen molar-refractivity contribution in [2.75, 3.05) is 5.73 Å². The summed E-state index contributed by atoms with van der Waals surface area (Å²) in [5, 5.41) is 8.82. The molecule has 0 aliphatic heterocycles. The van der Waals surface area contributed by atoms with E-state index in [2.05, 4.69) is 15.2 Å². The number of nitrogens with zero attached hydrogens (tertiary/aromatic N) is 4. The normalized spacial score (nSPS) is 11.1. The average Bonchev–Trinajstić information content (AvgIpc) is 2.81. The monoisotopic (exact) mass is 231 g/mol. The maximum absolute atomic E-state index is 5.68. The van der Waals surface area contributed by atoms with Gasteiger partial charge in [-0.25, -0.2) is 4.98 Å². The molecule has 0 atom stereocenters. The minimum Gasteiger partial charge on any atom is -0.375 e. The zero-order valence-electron chi connectivity index (χ0n) is 8.58. The van der Waals surface area contributed by atoms with Crippen molar-refractivity contribution in [3.63, 3.8) is 0 Å². The van der Waals surface area contributed by atoms with Gasteiger partial charge in [0.25, 0.3) is 0 Å². The number of fused-ring (bicyclic) bond motifs is 1. The second-order valence-corrected chi connectivity index (χ2v) is 4.45. The van der Waals surface area contributed by atoms with Crippen LogP contribution in [0.1, 0.15) is 5.69 Å². The molecule has 2 N–H and O–H groups in total. The van der Waals surface area contributed by atoms with Crippen LogP contribution < -0.4 is 5.73 Å². The Hall–Kier alpha value is -1.95. The minimum absolute atomic E-state index is 0.556. The van der Waals surface area contributed by atoms with Gasteiger partial charge in [-0.1, -0.05) is 17.4 Å². The molecule has 3 aromatic heterocycles. The lowest BCUT2D eigenvalue weighted by atomic mass is 10.3. The van der Waals surface area contributed by atoms with Crippen LogP contribution in [-0.2, 0) is 0 Å². The summed E-state index contributed by atoms with van der Waals surface area (Å²) >= 11 is 1.43. The Bertz CT molecular complexity index is 654. The molecule has 0 spiro atoms. The van der Waals surface area contributed by atoms with E-state index in [-0.39, 0.29) is 0 Å². The molecule has 0 aromatic carbocycles. The Morgan fingerprint density at radius 3 is 2.94 bits per heavy atom. The Balaban J connectivity index is 2.30. The highest BCUT2D eigenvalue weighted by atomic mass is 32.1. The van der Waals surface area contributed by atoms with Crippen molar-refractivity contribution in [2.24, 2.45) is 0 Å². The Morgan fingerprint density at radius 1 is 1.31 bits per heavy atom. The third-order valence-corrected chi connectivity index (χ3v) is 3.31. The van der Waals surface area contributed by atoms with E-state index in [1.807, 2.05) is 35.7 Å². The highest BCUT2D eigenvalue weighted by molar-refractivity contribution is 7.18. The molecule has 0 amide bonds. The van der Waals surface area contributed by atoms with Crippen LogP contribution in [0.15, 0.2) is 24.4 Å². The second-order valence-electron chi connectivity index (χ2n) is 3.42. The number of pyridine rings is 1. The number of nitrogens with two attached hydrogens (primary N) is 1. The van der Waals surface area contributed by atoms with Crippen LogP contribution in [0.25, 0.3) is 16.3 Å². The third kappa shape index (κ3) is 1.27. The van der Waals surface area contributed by atoms with E-state index in [1.54, 1.807) is 0 Å². The van der Waals surface area contributed by atoms with Crippen molar-refractivity contribution < 1.29 is 0 Å². The van der Waals surface area contributed by atoms with Crippen molar-refractivity contribution in [1.82, 2.24) is 19.6 Å². The van der Waals surface area contributed by atoms with Gasteiger partial charge < -0.3 is 5.73 Å². The fourth-order valence-corrected chi connectivity index (χ4v) is 2.44. The Morgan fingerprint density at radius 2 is 2.19 bits per heavy atom. The van der Waals surface area contributed by atoms with E-state index >= 15 is 0 Å². The number of hydrogen-bond donors (Lipinski definition) is 1. The number of hydrogen-bond acceptors (Lipinski definition) is 5. The van der Waals surface area contributed by atoms with E-state index in [0.717, 1.165) is 22.0 Å². The molecule has 16 heavy (non-hydrogen) atoms. The Labute approximate surface area is 95.6 Å². The molecule has 0 saturated carbocycles. The molecular weight excluding hydrogens is 222 g/mol. The van der Waals surface area contributed by atoms with Gasteiger partial charge in [-0.05, 0) is 19.1 Å². The van der Waals surface area contributed by atoms with Crippen molar-refractivity contribution >= 4 is 22.1 Å². The number of aromatic nitrogens is 4. The molecule has 5 nitrogen and oxygen atoms in total. The summed E-state index contributed by atoms with van der Waals surface area (Å²) in [7, 11) is 0. The summed E-state index contributed by atoms with van der Waals surface area (Å²) in [6.07, 6.45) is 1.93. The molecule has 0 fully saturated rings. The summed E-state index contributed by atoms with van der Waals surface area (Å²) in [6, 6.07) is 5.79. The third-order valence-electron chi connectivity index (χ3n) is 2.33. The maximum atomic E-state index is 5.68. The van der Waals surface area contributed by atoms with Gasteiger partial charge in [0, 0.05) is 6.20 Å². The number of nitrogen functional groups attached to an aromatic ring is 1. The molecule has 0 aliphatic carbocycles. The molecular formula is C10H9N5S. The molecule has 80 valence electrons. The first-order valence-electron chi connectivity index (χ1n) is 4.79. The van der Waals surface area contributed by atoms with Gasteiger partial charge in [-0.2, -0.15) is 0 Å². The van der Waals surface area contributed by atoms with Crippen molar-refractivity contribution in [3.8, 4) is 10.7 Å². The van der Waals surface area contributed by atoms with Crippen LogP contribution in [0.5, 0.6) is 0 Å². The van der Waals surface area contributed by atoms with E-state index < -0.39 is 0 Å². The minimum atomic E-state index is 0.556. The molecule has 0 unspecified atom stereocenters. The van der Waals surface area contributed by atoms with E-state index in [1.165, 1.54) is 11.3 Å². The fraction of sp³-hybridized carbons (Fsp3) is 0.100. The second kappa shape index (κ2) is 3.28. The van der Waals surface area contributed by atoms with Crippen LogP contribution in [0.3, 0.4) is 0 Å². The van der Waals surface area contributed by atoms with Crippen LogP contribution in [-0.4, -0.2) is 19.6 Å². The SMILES string of the molecule is Cc1nc(N)sc1-c1nnc2ccccn12. The van der Waals surface area contributed by atoms with Crippen LogP contribution >= 0.6 is 11.3 Å². The lowest BCUT2D eigenvalue weighted by molar-refractivity contribution is 1.11. The number of anilines is 1. The molecule has 0 radical (unpaired) electrons. The van der Waals surface area contributed by atoms with Crippen LogP contribution in [0, 0.1) is 6.92 Å². The van der Waals surface area contributed by atoms with Crippen LogP contribution in [0.4, 0.5) is 5.13 Å². The molecule has 0 bridgehead atoms. The molecule has 0 aliphatic rings. The highest BCUT2D eigenvalue weighted by Gasteiger charge is 2.13. The van der Waals surface area contributed by atoms with Crippen molar-refractivity contribution in [1.29, 1.82) is 0 Å². The first-order chi connectivity index (χ1) is 7.75. The zero-order chi connectivity index (χ0) is 11.1. The van der Waals surface area contributed by atoms with Gasteiger partial charge in [-0.3, -0.25) is 4.40 Å². The first kappa shape index (κ1) is 9.29. The summed E-state index contributed by atoms with van der Waals surface area (Å²) in [5.41, 5.74) is 7.39. The molecule has 3 rings (SSSR count). The Kier molecular flexibility index (Phi) is 1.90. The zero-order valence-corrected chi connectivity index (χ0v) is 9.40. The fourth-order valence-electron chi connectivity index (χ4n) is 1.62. The highest BCUT2D eigenvalue weighted by Crippen LogP contribution is 2.29.